The van der Waals surface area contributed by atoms with Gasteiger partial charge in [0.1, 0.15) is 17.6 Å². The summed E-state index contributed by atoms with van der Waals surface area (Å²) in [5, 5.41) is 24.8. The predicted molar refractivity (Wildman–Crippen MR) is 250 cm³/mol. The second kappa shape index (κ2) is 21.4. The SMILES string of the molecule is CON(C(=O)c1cn(C)nc1C(F)F)C(C)Cc1c(Cl)cc(Cl)cc1Cl.Cc1cc(C2CC2)nc(Nc2ccccc2)n1.OC(Cc1ccccc1Cl)(Cn1nc[nH]c1=S)C1(Cl)CC1. The van der Waals surface area contributed by atoms with E-state index < -0.39 is 34.5 Å². The molecule has 20 heteroatoms. The van der Waals surface area contributed by atoms with E-state index in [0.717, 1.165) is 39.5 Å². The molecule has 2 atom stereocenters. The number of aryl methyl sites for hydroxylation is 2. The number of rotatable bonds is 14. The lowest BCUT2D eigenvalue weighted by molar-refractivity contribution is -0.119. The van der Waals surface area contributed by atoms with Crippen LogP contribution in [0.15, 0.2) is 85.3 Å². The number of H-pyrrole nitrogens is 1. The van der Waals surface area contributed by atoms with Crippen LogP contribution < -0.4 is 5.32 Å². The lowest BCUT2D eigenvalue weighted by atomic mass is 9.89. The van der Waals surface area contributed by atoms with Gasteiger partial charge >= 0.3 is 0 Å². The molecule has 2 unspecified atom stereocenters. The van der Waals surface area contributed by atoms with E-state index in [1.54, 1.807) is 11.6 Å². The zero-order chi connectivity index (χ0) is 46.3. The number of aromatic amines is 1. The third kappa shape index (κ3) is 12.6. The van der Waals surface area contributed by atoms with E-state index in [-0.39, 0.29) is 18.5 Å². The number of hydroxylamine groups is 2. The molecule has 340 valence electrons. The summed E-state index contributed by atoms with van der Waals surface area (Å²) >= 11 is 36.1. The maximum absolute atomic E-state index is 13.1. The van der Waals surface area contributed by atoms with Crippen LogP contribution >= 0.6 is 70.2 Å². The van der Waals surface area contributed by atoms with E-state index in [1.807, 2.05) is 61.5 Å². The zero-order valence-electron chi connectivity index (χ0n) is 35.2. The molecule has 2 fully saturated rings. The van der Waals surface area contributed by atoms with Gasteiger partial charge in [-0.25, -0.2) is 28.5 Å². The number of hydrogen-bond donors (Lipinski definition) is 3. The first-order valence-corrected chi connectivity index (χ1v) is 22.5. The molecule has 3 aromatic carbocycles. The number of carbonyl (C=O) groups excluding carboxylic acids is 1. The van der Waals surface area contributed by atoms with Crippen molar-refractivity contribution < 1.29 is 23.5 Å². The van der Waals surface area contributed by atoms with E-state index in [4.69, 9.17) is 75.1 Å². The van der Waals surface area contributed by atoms with Crippen LogP contribution in [-0.2, 0) is 31.3 Å². The van der Waals surface area contributed by atoms with Crippen LogP contribution in [0, 0.1) is 11.7 Å². The van der Waals surface area contributed by atoms with Crippen molar-refractivity contribution in [1.29, 1.82) is 0 Å². The van der Waals surface area contributed by atoms with Gasteiger partial charge in [0.25, 0.3) is 12.3 Å². The van der Waals surface area contributed by atoms with Gasteiger partial charge < -0.3 is 15.4 Å². The van der Waals surface area contributed by atoms with Crippen molar-refractivity contribution in [3.05, 3.63) is 144 Å². The van der Waals surface area contributed by atoms with Gasteiger partial charge in [0.15, 0.2) is 4.77 Å². The number of para-hydroxylation sites is 1. The van der Waals surface area contributed by atoms with Crippen molar-refractivity contribution >= 4 is 87.8 Å². The summed E-state index contributed by atoms with van der Waals surface area (Å²) in [5.41, 5.74) is 2.69. The molecule has 64 heavy (non-hydrogen) atoms. The fraction of sp³-hybridized carbons (Fsp3) is 0.364. The summed E-state index contributed by atoms with van der Waals surface area (Å²) < 4.78 is 29.4. The van der Waals surface area contributed by atoms with Crippen LogP contribution in [0.1, 0.15) is 83.5 Å². The maximum Gasteiger partial charge on any atom is 0.282 e. The molecule has 2 aliphatic rings. The Hall–Kier alpha value is -4.19. The summed E-state index contributed by atoms with van der Waals surface area (Å²) in [7, 11) is 2.73. The van der Waals surface area contributed by atoms with Crippen molar-refractivity contribution in [3.8, 4) is 0 Å². The molecule has 2 saturated carbocycles. The highest BCUT2D eigenvalue weighted by Gasteiger charge is 2.58. The molecule has 3 N–H and O–H groups in total. The van der Waals surface area contributed by atoms with Gasteiger partial charge in [0.05, 0.1) is 30.1 Å². The van der Waals surface area contributed by atoms with Gasteiger partial charge in [0.2, 0.25) is 5.95 Å². The van der Waals surface area contributed by atoms with Gasteiger partial charge in [-0.3, -0.25) is 14.3 Å². The third-order valence-corrected chi connectivity index (χ3v) is 12.9. The van der Waals surface area contributed by atoms with Crippen LogP contribution in [0.5, 0.6) is 0 Å². The van der Waals surface area contributed by atoms with Crippen molar-refractivity contribution in [2.75, 3.05) is 12.4 Å². The zero-order valence-corrected chi connectivity index (χ0v) is 39.8. The van der Waals surface area contributed by atoms with E-state index in [2.05, 4.69) is 36.5 Å². The predicted octanol–water partition coefficient (Wildman–Crippen LogP) is 11.7. The van der Waals surface area contributed by atoms with Crippen LogP contribution in [0.2, 0.25) is 20.1 Å². The summed E-state index contributed by atoms with van der Waals surface area (Å²) in [6.07, 6.45) is 4.52. The summed E-state index contributed by atoms with van der Waals surface area (Å²) in [4.78, 5) is 29.0. The molecule has 2 aliphatic carbocycles. The first kappa shape index (κ1) is 49.2. The summed E-state index contributed by atoms with van der Waals surface area (Å²) in [5.74, 6) is 0.635. The fourth-order valence-electron chi connectivity index (χ4n) is 6.98. The Morgan fingerprint density at radius 1 is 1.05 bits per heavy atom. The Kier molecular flexibility index (Phi) is 16.5. The molecule has 12 nitrogen and oxygen atoms in total. The Morgan fingerprint density at radius 2 is 1.70 bits per heavy atom. The Morgan fingerprint density at radius 3 is 2.28 bits per heavy atom. The van der Waals surface area contributed by atoms with Crippen molar-refractivity contribution in [1.82, 2.24) is 39.6 Å². The topological polar surface area (TPSA) is 139 Å². The van der Waals surface area contributed by atoms with Gasteiger partial charge in [0, 0.05) is 62.7 Å². The number of benzene rings is 3. The minimum absolute atomic E-state index is 0.232. The minimum Gasteiger partial charge on any atom is -0.386 e. The highest BCUT2D eigenvalue weighted by Crippen LogP contribution is 2.53. The fourth-order valence-corrected chi connectivity index (χ4v) is 8.53. The molecule has 3 heterocycles. The molecule has 1 amide bonds. The number of aliphatic hydroxyl groups is 1. The average molecular weight is 996 g/mol. The number of alkyl halides is 3. The van der Waals surface area contributed by atoms with Crippen LogP contribution in [-0.4, -0.2) is 74.2 Å². The molecular weight excluding hydrogens is 950 g/mol. The first-order valence-electron chi connectivity index (χ1n) is 20.2. The van der Waals surface area contributed by atoms with Gasteiger partial charge in [-0.2, -0.15) is 10.2 Å². The number of carbonyl (C=O) groups is 1. The van der Waals surface area contributed by atoms with E-state index in [1.165, 1.54) is 57.3 Å². The number of hydrogen-bond acceptors (Lipinski definition) is 9. The molecule has 6 aromatic rings. The van der Waals surface area contributed by atoms with Gasteiger partial charge in [-0.15, -0.1) is 11.6 Å². The first-order chi connectivity index (χ1) is 30.4. The number of nitrogens with zero attached hydrogens (tertiary/aromatic N) is 7. The number of anilines is 2. The second-order valence-corrected chi connectivity index (χ2v) is 18.4. The number of amides is 1. The highest BCUT2D eigenvalue weighted by molar-refractivity contribution is 7.71. The summed E-state index contributed by atoms with van der Waals surface area (Å²) in [6, 6.07) is 22.1. The van der Waals surface area contributed by atoms with Gasteiger partial charge in [-0.05, 0) is 106 Å². The standard InChI is InChI=1S/C16H16Cl3F2N3O2.C14H15Cl2N3OS.C14H15N3/c1-8(4-10-12(18)5-9(17)6-13(10)19)24(26-3)16(25)11-7-23(2)22-14(11)15(20)21;15-11-4-2-1-3-10(11)7-14(20,13(16)5-6-13)8-19-12(21)17-9-18-19;1-10-9-13(11-7-8-11)17-14(15-10)16-12-5-3-2-4-6-12/h5-8,15H,4H2,1-3H3;1-4,9,20H,5-8H2,(H,17,18,21);2-6,9,11H,7-8H2,1H3,(H,15,16,17). The second-order valence-electron chi connectivity index (χ2n) is 15.7. The normalized spacial score (nSPS) is 15.3. The van der Waals surface area contributed by atoms with E-state index >= 15 is 0 Å². The van der Waals surface area contributed by atoms with Crippen molar-refractivity contribution in [2.45, 2.75) is 87.8 Å². The molecule has 0 bridgehead atoms. The average Bonchev–Trinajstić information content (AvgIpc) is 4.16. The lowest BCUT2D eigenvalue weighted by Crippen LogP contribution is -2.47. The van der Waals surface area contributed by atoms with Crippen LogP contribution in [0.3, 0.4) is 0 Å². The molecule has 0 spiro atoms. The Bertz CT molecular complexity index is 2590. The van der Waals surface area contributed by atoms with Crippen LogP contribution in [0.4, 0.5) is 20.4 Å². The smallest absolute Gasteiger partial charge is 0.282 e. The van der Waals surface area contributed by atoms with Crippen LogP contribution in [0.25, 0.3) is 0 Å². The highest BCUT2D eigenvalue weighted by atomic mass is 35.5. The summed E-state index contributed by atoms with van der Waals surface area (Å²) in [6.45, 7) is 3.94. The Labute approximate surface area is 399 Å². The molecule has 8 rings (SSSR count). The maximum atomic E-state index is 13.1. The minimum atomic E-state index is -2.88. The largest absolute Gasteiger partial charge is 0.386 e. The van der Waals surface area contributed by atoms with Gasteiger partial charge in [-0.1, -0.05) is 82.8 Å². The molecule has 3 aromatic heterocycles. The number of aromatic nitrogens is 7. The number of halogens is 7. The Balaban J connectivity index is 0.000000163. The lowest BCUT2D eigenvalue weighted by Gasteiger charge is -2.33. The molecule has 0 saturated heterocycles. The quantitative estimate of drug-likeness (QED) is 0.0553. The number of nitrogens with one attached hydrogen (secondary N) is 2. The molecule has 0 aliphatic heterocycles. The van der Waals surface area contributed by atoms with Crippen molar-refractivity contribution in [2.24, 2.45) is 7.05 Å². The third-order valence-electron chi connectivity index (χ3n) is 10.6. The van der Waals surface area contributed by atoms with E-state index in [9.17, 15) is 18.7 Å². The molecular formula is C44H46Cl5F2N9O3S. The molecule has 0 radical (unpaired) electrons. The monoisotopic (exact) mass is 993 g/mol. The van der Waals surface area contributed by atoms with E-state index in [0.29, 0.717) is 48.7 Å². The van der Waals surface area contributed by atoms with Crippen molar-refractivity contribution in [3.63, 3.8) is 0 Å².